The fraction of sp³-hybridized carbons (Fsp3) is 0.727. The van der Waals surface area contributed by atoms with Gasteiger partial charge < -0.3 is 10.1 Å². The summed E-state index contributed by atoms with van der Waals surface area (Å²) in [7, 11) is 4.67. The molecule has 1 aromatic heterocycles. The standard InChI is InChI=1S/C11H18N4O3/c1-14-10(16)9(13-15(2)11(14)17)12-7-4-5-8(6-7)18-3/h7-8H,4-6H2,1-3H3,(H,12,13). The molecule has 1 fully saturated rings. The van der Waals surface area contributed by atoms with Crippen LogP contribution in [0.1, 0.15) is 19.3 Å². The molecule has 0 spiro atoms. The lowest BCUT2D eigenvalue weighted by Gasteiger charge is -2.14. The van der Waals surface area contributed by atoms with Crippen molar-refractivity contribution >= 4 is 5.82 Å². The zero-order valence-electron chi connectivity index (χ0n) is 10.8. The van der Waals surface area contributed by atoms with Crippen LogP contribution in [0.5, 0.6) is 0 Å². The van der Waals surface area contributed by atoms with Gasteiger partial charge in [-0.15, -0.1) is 5.10 Å². The fourth-order valence-corrected chi connectivity index (χ4v) is 2.27. The van der Waals surface area contributed by atoms with Crippen molar-refractivity contribution in [2.45, 2.75) is 31.4 Å². The number of anilines is 1. The molecule has 1 heterocycles. The number of hydrogen-bond acceptors (Lipinski definition) is 5. The summed E-state index contributed by atoms with van der Waals surface area (Å²) in [5.41, 5.74) is -0.814. The number of nitrogens with zero attached hydrogens (tertiary/aromatic N) is 3. The third-order valence-electron chi connectivity index (χ3n) is 3.38. The van der Waals surface area contributed by atoms with Gasteiger partial charge in [0.1, 0.15) is 0 Å². The van der Waals surface area contributed by atoms with Crippen LogP contribution in [0.3, 0.4) is 0 Å². The molecular weight excluding hydrogens is 236 g/mol. The lowest BCUT2D eigenvalue weighted by molar-refractivity contribution is 0.108. The number of hydrogen-bond donors (Lipinski definition) is 1. The van der Waals surface area contributed by atoms with Crippen molar-refractivity contribution in [2.24, 2.45) is 14.1 Å². The number of nitrogens with one attached hydrogen (secondary N) is 1. The maximum Gasteiger partial charge on any atom is 0.346 e. The summed E-state index contributed by atoms with van der Waals surface area (Å²) in [4.78, 5) is 23.4. The Labute approximate surface area is 104 Å². The Kier molecular flexibility index (Phi) is 3.51. The van der Waals surface area contributed by atoms with Gasteiger partial charge in [0.2, 0.25) is 5.82 Å². The van der Waals surface area contributed by atoms with Crippen molar-refractivity contribution in [3.05, 3.63) is 20.8 Å². The lowest BCUT2D eigenvalue weighted by atomic mass is 10.2. The maximum atomic E-state index is 11.9. The van der Waals surface area contributed by atoms with Crippen molar-refractivity contribution in [3.8, 4) is 0 Å². The molecule has 100 valence electrons. The fourth-order valence-electron chi connectivity index (χ4n) is 2.27. The molecule has 0 aliphatic heterocycles. The van der Waals surface area contributed by atoms with E-state index in [1.165, 1.54) is 14.1 Å². The van der Waals surface area contributed by atoms with Crippen molar-refractivity contribution in [1.82, 2.24) is 14.3 Å². The lowest BCUT2D eigenvalue weighted by Crippen LogP contribution is -2.41. The predicted octanol–water partition coefficient (Wildman–Crippen LogP) is -0.542. The Morgan fingerprint density at radius 3 is 2.67 bits per heavy atom. The highest BCUT2D eigenvalue weighted by Crippen LogP contribution is 2.23. The highest BCUT2D eigenvalue weighted by Gasteiger charge is 2.25. The van der Waals surface area contributed by atoms with E-state index in [0.29, 0.717) is 0 Å². The first-order chi connectivity index (χ1) is 8.52. The van der Waals surface area contributed by atoms with Gasteiger partial charge in [0, 0.05) is 27.2 Å². The van der Waals surface area contributed by atoms with Crippen LogP contribution in [0.25, 0.3) is 0 Å². The second kappa shape index (κ2) is 4.93. The van der Waals surface area contributed by atoms with Crippen LogP contribution in [0.4, 0.5) is 5.82 Å². The molecule has 1 N–H and O–H groups in total. The molecule has 2 unspecified atom stereocenters. The van der Waals surface area contributed by atoms with Gasteiger partial charge in [-0.2, -0.15) is 0 Å². The second-order valence-corrected chi connectivity index (χ2v) is 4.63. The summed E-state index contributed by atoms with van der Waals surface area (Å²) < 4.78 is 7.49. The number of aromatic nitrogens is 3. The third kappa shape index (κ3) is 2.31. The van der Waals surface area contributed by atoms with Gasteiger partial charge in [-0.3, -0.25) is 9.36 Å². The van der Waals surface area contributed by atoms with E-state index in [-0.39, 0.29) is 23.5 Å². The summed E-state index contributed by atoms with van der Waals surface area (Å²) in [6.07, 6.45) is 3.00. The average Bonchev–Trinajstić information content (AvgIpc) is 2.81. The van der Waals surface area contributed by atoms with Gasteiger partial charge in [-0.1, -0.05) is 0 Å². The molecular formula is C11H18N4O3. The van der Waals surface area contributed by atoms with Gasteiger partial charge in [-0.25, -0.2) is 9.48 Å². The Morgan fingerprint density at radius 2 is 2.06 bits per heavy atom. The van der Waals surface area contributed by atoms with Crippen LogP contribution in [0.15, 0.2) is 9.59 Å². The molecule has 7 nitrogen and oxygen atoms in total. The topological polar surface area (TPSA) is 78.2 Å². The first kappa shape index (κ1) is 12.8. The molecule has 1 aliphatic carbocycles. The molecule has 0 radical (unpaired) electrons. The van der Waals surface area contributed by atoms with Crippen LogP contribution in [-0.4, -0.2) is 33.6 Å². The zero-order chi connectivity index (χ0) is 13.3. The van der Waals surface area contributed by atoms with E-state index in [1.54, 1.807) is 7.11 Å². The Morgan fingerprint density at radius 1 is 1.33 bits per heavy atom. The van der Waals surface area contributed by atoms with Gasteiger partial charge in [0.25, 0.3) is 5.56 Å². The van der Waals surface area contributed by atoms with Crippen molar-refractivity contribution < 1.29 is 4.74 Å². The normalized spacial score (nSPS) is 23.3. The van der Waals surface area contributed by atoms with E-state index < -0.39 is 5.69 Å². The van der Waals surface area contributed by atoms with Gasteiger partial charge >= 0.3 is 5.69 Å². The second-order valence-electron chi connectivity index (χ2n) is 4.63. The summed E-state index contributed by atoms with van der Waals surface area (Å²) in [6.45, 7) is 0. The van der Waals surface area contributed by atoms with Gasteiger partial charge in [0.15, 0.2) is 0 Å². The minimum absolute atomic E-state index is 0.174. The molecule has 1 aromatic rings. The van der Waals surface area contributed by atoms with Crippen molar-refractivity contribution in [1.29, 1.82) is 0 Å². The Balaban J connectivity index is 2.21. The molecule has 18 heavy (non-hydrogen) atoms. The van der Waals surface area contributed by atoms with Crippen LogP contribution in [0.2, 0.25) is 0 Å². The minimum atomic E-state index is -0.424. The van der Waals surface area contributed by atoms with E-state index in [2.05, 4.69) is 10.4 Å². The molecule has 0 saturated heterocycles. The molecule has 7 heteroatoms. The van der Waals surface area contributed by atoms with Crippen LogP contribution in [-0.2, 0) is 18.8 Å². The summed E-state index contributed by atoms with van der Waals surface area (Å²) in [5.74, 6) is 0.223. The van der Waals surface area contributed by atoms with Crippen molar-refractivity contribution in [2.75, 3.05) is 12.4 Å². The quantitative estimate of drug-likeness (QED) is 0.783. The van der Waals surface area contributed by atoms with Crippen LogP contribution >= 0.6 is 0 Å². The monoisotopic (exact) mass is 254 g/mol. The smallest absolute Gasteiger partial charge is 0.346 e. The largest absolute Gasteiger partial charge is 0.381 e. The molecule has 0 bridgehead atoms. The molecule has 2 atom stereocenters. The van der Waals surface area contributed by atoms with Gasteiger partial charge in [-0.05, 0) is 19.3 Å². The SMILES string of the molecule is COC1CCC(Nc2nn(C)c(=O)n(C)c2=O)C1. The van der Waals surface area contributed by atoms with Crippen LogP contribution in [0, 0.1) is 0 Å². The Bertz CT molecular complexity index is 548. The number of methoxy groups -OCH3 is 1. The van der Waals surface area contributed by atoms with E-state index >= 15 is 0 Å². The maximum absolute atomic E-state index is 11.9. The van der Waals surface area contributed by atoms with E-state index in [1.807, 2.05) is 0 Å². The average molecular weight is 254 g/mol. The van der Waals surface area contributed by atoms with E-state index in [0.717, 1.165) is 28.5 Å². The molecule has 0 aromatic carbocycles. The Hall–Kier alpha value is -1.63. The van der Waals surface area contributed by atoms with E-state index in [4.69, 9.17) is 4.74 Å². The molecule has 0 amide bonds. The highest BCUT2D eigenvalue weighted by atomic mass is 16.5. The number of aryl methyl sites for hydroxylation is 1. The summed E-state index contributed by atoms with van der Waals surface area (Å²) in [5, 5.41) is 7.06. The zero-order valence-corrected chi connectivity index (χ0v) is 10.8. The summed E-state index contributed by atoms with van der Waals surface area (Å²) >= 11 is 0. The molecule has 1 saturated carbocycles. The van der Waals surface area contributed by atoms with E-state index in [9.17, 15) is 9.59 Å². The first-order valence-electron chi connectivity index (χ1n) is 5.96. The van der Waals surface area contributed by atoms with Gasteiger partial charge in [0.05, 0.1) is 6.10 Å². The molecule has 2 rings (SSSR count). The number of rotatable bonds is 3. The predicted molar refractivity (Wildman–Crippen MR) is 66.8 cm³/mol. The highest BCUT2D eigenvalue weighted by molar-refractivity contribution is 5.31. The summed E-state index contributed by atoms with van der Waals surface area (Å²) in [6, 6.07) is 0.174. The molecule has 1 aliphatic rings. The first-order valence-corrected chi connectivity index (χ1v) is 5.96. The number of ether oxygens (including phenoxy) is 1. The van der Waals surface area contributed by atoms with Crippen molar-refractivity contribution in [3.63, 3.8) is 0 Å². The third-order valence-corrected chi connectivity index (χ3v) is 3.38. The van der Waals surface area contributed by atoms with Crippen LogP contribution < -0.4 is 16.6 Å². The minimum Gasteiger partial charge on any atom is -0.381 e.